The summed E-state index contributed by atoms with van der Waals surface area (Å²) in [4.78, 5) is 40.9. The predicted molar refractivity (Wildman–Crippen MR) is 122 cm³/mol. The van der Waals surface area contributed by atoms with Gasteiger partial charge in [0.25, 0.3) is 11.8 Å². The Kier molecular flexibility index (Phi) is 7.22. The second-order valence-corrected chi connectivity index (χ2v) is 7.88. The summed E-state index contributed by atoms with van der Waals surface area (Å²) < 4.78 is 5.77. The molecule has 0 atom stereocenters. The lowest BCUT2D eigenvalue weighted by atomic mass is 10.1. The molecule has 2 amide bonds. The van der Waals surface area contributed by atoms with Gasteiger partial charge in [0.15, 0.2) is 11.4 Å². The predicted octanol–water partition coefficient (Wildman–Crippen LogP) is 4.14. The van der Waals surface area contributed by atoms with E-state index in [-0.39, 0.29) is 24.1 Å². The summed E-state index contributed by atoms with van der Waals surface area (Å²) in [5, 5.41) is 5.92. The molecular weight excluding hydrogens is 430 g/mol. The molecule has 32 heavy (non-hydrogen) atoms. The van der Waals surface area contributed by atoms with Gasteiger partial charge in [-0.15, -0.1) is 0 Å². The molecule has 1 aromatic heterocycles. The summed E-state index contributed by atoms with van der Waals surface area (Å²) in [5.74, 6) is -0.469. The largest absolute Gasteiger partial charge is 0.478 e. The smallest absolute Gasteiger partial charge is 0.267 e. The van der Waals surface area contributed by atoms with Gasteiger partial charge in [0.1, 0.15) is 5.75 Å². The first kappa shape index (κ1) is 23.0. The van der Waals surface area contributed by atoms with E-state index in [1.54, 1.807) is 80.7 Å². The normalized spacial score (nSPS) is 10.8. The van der Waals surface area contributed by atoms with Crippen molar-refractivity contribution >= 4 is 34.9 Å². The molecule has 8 heteroatoms. The molecule has 0 radical (unpaired) electrons. The molecule has 0 fully saturated rings. The Labute approximate surface area is 190 Å². The summed E-state index contributed by atoms with van der Waals surface area (Å²) in [7, 11) is 0. The maximum absolute atomic E-state index is 12.7. The van der Waals surface area contributed by atoms with Gasteiger partial charge >= 0.3 is 0 Å². The highest BCUT2D eigenvalue weighted by Crippen LogP contribution is 2.22. The number of hydrogen-bond acceptors (Lipinski definition) is 5. The van der Waals surface area contributed by atoms with Crippen molar-refractivity contribution < 1.29 is 19.1 Å². The number of Topliss-reactive ketones (excluding diaryl/α,β-unsaturated/α-hetero) is 1. The van der Waals surface area contributed by atoms with Crippen LogP contribution in [0.2, 0.25) is 5.02 Å². The van der Waals surface area contributed by atoms with Gasteiger partial charge in [0.05, 0.1) is 12.1 Å². The summed E-state index contributed by atoms with van der Waals surface area (Å²) in [6, 6.07) is 16.4. The third-order valence-electron chi connectivity index (χ3n) is 4.53. The molecule has 1 heterocycles. The lowest BCUT2D eigenvalue weighted by Crippen LogP contribution is -2.42. The summed E-state index contributed by atoms with van der Waals surface area (Å²) in [5.41, 5.74) is 0.158. The van der Waals surface area contributed by atoms with Crippen LogP contribution in [-0.2, 0) is 4.79 Å². The van der Waals surface area contributed by atoms with Crippen molar-refractivity contribution in [2.24, 2.45) is 0 Å². The van der Waals surface area contributed by atoms with Crippen LogP contribution in [0.3, 0.4) is 0 Å². The number of rotatable bonds is 8. The fourth-order valence-corrected chi connectivity index (χ4v) is 2.85. The molecule has 0 unspecified atom stereocenters. The number of pyridine rings is 1. The number of aromatic nitrogens is 1. The van der Waals surface area contributed by atoms with Gasteiger partial charge in [-0.3, -0.25) is 19.4 Å². The zero-order valence-electron chi connectivity index (χ0n) is 17.6. The summed E-state index contributed by atoms with van der Waals surface area (Å²) >= 11 is 5.87. The molecule has 164 valence electrons. The van der Waals surface area contributed by atoms with Crippen molar-refractivity contribution in [1.82, 2.24) is 10.3 Å². The minimum absolute atomic E-state index is 0.151. The van der Waals surface area contributed by atoms with E-state index in [0.29, 0.717) is 27.6 Å². The Morgan fingerprint density at radius 1 is 0.969 bits per heavy atom. The molecule has 3 rings (SSSR count). The second-order valence-electron chi connectivity index (χ2n) is 7.45. The van der Waals surface area contributed by atoms with E-state index < -0.39 is 5.60 Å². The summed E-state index contributed by atoms with van der Waals surface area (Å²) in [6.07, 6.45) is 2.99. The van der Waals surface area contributed by atoms with Crippen LogP contribution < -0.4 is 15.4 Å². The quantitative estimate of drug-likeness (QED) is 0.501. The van der Waals surface area contributed by atoms with E-state index in [9.17, 15) is 14.4 Å². The Bertz CT molecular complexity index is 1100. The number of carbonyl (C=O) groups excluding carboxylic acids is 3. The SMILES string of the molecule is CC(C)(Oc1ccc(Cl)cc1)C(=O)Nc1ccc(C(=O)CNC(=O)c2cccnc2)cc1. The van der Waals surface area contributed by atoms with E-state index in [1.807, 2.05) is 0 Å². The summed E-state index contributed by atoms with van der Waals surface area (Å²) in [6.45, 7) is 3.15. The van der Waals surface area contributed by atoms with Crippen LogP contribution in [0.25, 0.3) is 0 Å². The maximum Gasteiger partial charge on any atom is 0.267 e. The second kappa shape index (κ2) is 10.1. The molecule has 0 aliphatic rings. The molecule has 0 saturated heterocycles. The van der Waals surface area contributed by atoms with Gasteiger partial charge in [-0.25, -0.2) is 0 Å². The van der Waals surface area contributed by atoms with Gasteiger partial charge in [-0.2, -0.15) is 0 Å². The number of anilines is 1. The molecule has 3 aromatic rings. The van der Waals surface area contributed by atoms with Crippen molar-refractivity contribution in [3.8, 4) is 5.75 Å². The van der Waals surface area contributed by atoms with Crippen LogP contribution in [0, 0.1) is 0 Å². The van der Waals surface area contributed by atoms with E-state index in [4.69, 9.17) is 16.3 Å². The van der Waals surface area contributed by atoms with E-state index >= 15 is 0 Å². The number of ketones is 1. The molecular formula is C24H22ClN3O4. The van der Waals surface area contributed by atoms with E-state index in [1.165, 1.54) is 6.20 Å². The minimum atomic E-state index is -1.14. The van der Waals surface area contributed by atoms with Crippen LogP contribution in [0.1, 0.15) is 34.6 Å². The average molecular weight is 452 g/mol. The number of ether oxygens (including phenoxy) is 1. The molecule has 7 nitrogen and oxygen atoms in total. The maximum atomic E-state index is 12.7. The number of carbonyl (C=O) groups is 3. The van der Waals surface area contributed by atoms with Crippen molar-refractivity contribution in [2.45, 2.75) is 19.4 Å². The van der Waals surface area contributed by atoms with Gasteiger partial charge in [0.2, 0.25) is 0 Å². The highest BCUT2D eigenvalue weighted by molar-refractivity contribution is 6.30. The lowest BCUT2D eigenvalue weighted by Gasteiger charge is -2.25. The standard InChI is InChI=1S/C24H22ClN3O4/c1-24(2,32-20-11-7-18(25)8-12-20)23(31)28-19-9-5-16(6-10-19)21(29)15-27-22(30)17-4-3-13-26-14-17/h3-14H,15H2,1-2H3,(H,27,30)(H,28,31). The molecule has 2 N–H and O–H groups in total. The van der Waals surface area contributed by atoms with E-state index in [0.717, 1.165) is 0 Å². The third kappa shape index (κ3) is 6.15. The minimum Gasteiger partial charge on any atom is -0.478 e. The van der Waals surface area contributed by atoms with Crippen molar-refractivity contribution in [3.63, 3.8) is 0 Å². The third-order valence-corrected chi connectivity index (χ3v) is 4.78. The monoisotopic (exact) mass is 451 g/mol. The molecule has 0 aliphatic heterocycles. The molecule has 0 saturated carbocycles. The molecule has 0 spiro atoms. The molecule has 2 aromatic carbocycles. The van der Waals surface area contributed by atoms with Crippen LogP contribution >= 0.6 is 11.6 Å². The first-order chi connectivity index (χ1) is 15.2. The Balaban J connectivity index is 1.55. The van der Waals surface area contributed by atoms with Gasteiger partial charge in [-0.1, -0.05) is 11.6 Å². The van der Waals surface area contributed by atoms with Crippen LogP contribution in [-0.4, -0.2) is 34.7 Å². The Morgan fingerprint density at radius 3 is 2.28 bits per heavy atom. The van der Waals surface area contributed by atoms with Crippen LogP contribution in [0.15, 0.2) is 73.1 Å². The number of benzene rings is 2. The van der Waals surface area contributed by atoms with Gasteiger partial charge in [-0.05, 0) is 74.5 Å². The van der Waals surface area contributed by atoms with Crippen LogP contribution in [0.5, 0.6) is 5.75 Å². The highest BCUT2D eigenvalue weighted by Gasteiger charge is 2.30. The van der Waals surface area contributed by atoms with Crippen molar-refractivity contribution in [3.05, 3.63) is 89.2 Å². The lowest BCUT2D eigenvalue weighted by molar-refractivity contribution is -0.128. The number of nitrogens with zero attached hydrogens (tertiary/aromatic N) is 1. The fourth-order valence-electron chi connectivity index (χ4n) is 2.73. The van der Waals surface area contributed by atoms with Crippen molar-refractivity contribution in [2.75, 3.05) is 11.9 Å². The number of amides is 2. The van der Waals surface area contributed by atoms with Gasteiger partial charge < -0.3 is 15.4 Å². The number of nitrogens with one attached hydrogen (secondary N) is 2. The van der Waals surface area contributed by atoms with Gasteiger partial charge in [0, 0.05) is 28.7 Å². The van der Waals surface area contributed by atoms with Crippen LogP contribution in [0.4, 0.5) is 5.69 Å². The first-order valence-corrected chi connectivity index (χ1v) is 10.2. The molecule has 0 bridgehead atoms. The first-order valence-electron chi connectivity index (χ1n) is 9.82. The molecule has 0 aliphatic carbocycles. The fraction of sp³-hybridized carbons (Fsp3) is 0.167. The zero-order valence-corrected chi connectivity index (χ0v) is 18.3. The van der Waals surface area contributed by atoms with E-state index in [2.05, 4.69) is 15.6 Å². The highest BCUT2D eigenvalue weighted by atomic mass is 35.5. The Hall–Kier alpha value is -3.71. The number of hydrogen-bond donors (Lipinski definition) is 2. The zero-order chi connectivity index (χ0) is 23.1. The topological polar surface area (TPSA) is 97.4 Å². The number of halogens is 1. The Morgan fingerprint density at radius 2 is 1.66 bits per heavy atom. The average Bonchev–Trinajstić information content (AvgIpc) is 2.79. The van der Waals surface area contributed by atoms with Crippen molar-refractivity contribution in [1.29, 1.82) is 0 Å².